The van der Waals surface area contributed by atoms with E-state index < -0.39 is 17.5 Å². The molecule has 0 aromatic heterocycles. The molecular formula is C16H24N2O4. The lowest BCUT2D eigenvalue weighted by atomic mass is 9.93. The van der Waals surface area contributed by atoms with Crippen LogP contribution in [0.2, 0.25) is 0 Å². The zero-order valence-electron chi connectivity index (χ0n) is 13.3. The van der Waals surface area contributed by atoms with Crippen molar-refractivity contribution >= 4 is 17.9 Å². The van der Waals surface area contributed by atoms with Crippen molar-refractivity contribution in [3.05, 3.63) is 0 Å². The van der Waals surface area contributed by atoms with E-state index >= 15 is 0 Å². The van der Waals surface area contributed by atoms with E-state index in [4.69, 9.17) is 4.74 Å². The SMILES string of the molecule is CCC1(CC)NC(=O)N(CC(=O)O[C@@H]2C[C@H]3CC[C@H]2C3)C1=O. The van der Waals surface area contributed by atoms with Crippen LogP contribution in [-0.2, 0) is 14.3 Å². The molecule has 122 valence electrons. The van der Waals surface area contributed by atoms with Crippen LogP contribution < -0.4 is 5.32 Å². The predicted molar refractivity (Wildman–Crippen MR) is 78.9 cm³/mol. The smallest absolute Gasteiger partial charge is 0.326 e. The van der Waals surface area contributed by atoms with Crippen LogP contribution >= 0.6 is 0 Å². The van der Waals surface area contributed by atoms with Gasteiger partial charge in [-0.05, 0) is 50.4 Å². The van der Waals surface area contributed by atoms with Crippen molar-refractivity contribution in [2.45, 2.75) is 64.0 Å². The largest absolute Gasteiger partial charge is 0.461 e. The Morgan fingerprint density at radius 2 is 2.00 bits per heavy atom. The van der Waals surface area contributed by atoms with E-state index in [0.29, 0.717) is 24.7 Å². The maximum absolute atomic E-state index is 12.4. The number of hydrogen-bond acceptors (Lipinski definition) is 4. The van der Waals surface area contributed by atoms with Crippen LogP contribution in [0.3, 0.4) is 0 Å². The van der Waals surface area contributed by atoms with Gasteiger partial charge in [-0.1, -0.05) is 13.8 Å². The highest BCUT2D eigenvalue weighted by molar-refractivity contribution is 6.08. The molecule has 1 aliphatic heterocycles. The van der Waals surface area contributed by atoms with Crippen LogP contribution in [0.25, 0.3) is 0 Å². The molecule has 22 heavy (non-hydrogen) atoms. The maximum Gasteiger partial charge on any atom is 0.326 e. The molecule has 0 aromatic rings. The van der Waals surface area contributed by atoms with Gasteiger partial charge < -0.3 is 10.1 Å². The van der Waals surface area contributed by atoms with Gasteiger partial charge in [-0.2, -0.15) is 0 Å². The number of ether oxygens (including phenoxy) is 1. The number of esters is 1. The third kappa shape index (κ3) is 2.38. The summed E-state index contributed by atoms with van der Waals surface area (Å²) in [6.45, 7) is 3.44. The van der Waals surface area contributed by atoms with Gasteiger partial charge in [0.15, 0.2) is 0 Å². The highest BCUT2D eigenvalue weighted by atomic mass is 16.5. The molecule has 0 radical (unpaired) electrons. The molecule has 1 saturated heterocycles. The molecule has 2 aliphatic carbocycles. The van der Waals surface area contributed by atoms with Crippen molar-refractivity contribution in [1.29, 1.82) is 0 Å². The van der Waals surface area contributed by atoms with Gasteiger partial charge in [0.25, 0.3) is 5.91 Å². The van der Waals surface area contributed by atoms with E-state index in [9.17, 15) is 14.4 Å². The highest BCUT2D eigenvalue weighted by Crippen LogP contribution is 2.45. The van der Waals surface area contributed by atoms with Crippen molar-refractivity contribution in [3.8, 4) is 0 Å². The molecule has 2 saturated carbocycles. The van der Waals surface area contributed by atoms with Gasteiger partial charge in [-0.15, -0.1) is 0 Å². The Morgan fingerprint density at radius 1 is 1.27 bits per heavy atom. The lowest BCUT2D eigenvalue weighted by Gasteiger charge is -2.24. The van der Waals surface area contributed by atoms with Crippen molar-refractivity contribution in [3.63, 3.8) is 0 Å². The first-order valence-electron chi connectivity index (χ1n) is 8.32. The summed E-state index contributed by atoms with van der Waals surface area (Å²) in [6, 6.07) is -0.487. The molecule has 6 nitrogen and oxygen atoms in total. The van der Waals surface area contributed by atoms with Gasteiger partial charge in [0.1, 0.15) is 18.2 Å². The van der Waals surface area contributed by atoms with E-state index in [1.807, 2.05) is 13.8 Å². The fraction of sp³-hybridized carbons (Fsp3) is 0.812. The number of hydrogen-bond donors (Lipinski definition) is 1. The fourth-order valence-corrected chi connectivity index (χ4v) is 4.21. The highest BCUT2D eigenvalue weighted by Gasteiger charge is 2.49. The van der Waals surface area contributed by atoms with Crippen LogP contribution in [0, 0.1) is 11.8 Å². The second kappa shape index (κ2) is 5.56. The summed E-state index contributed by atoms with van der Waals surface area (Å²) in [6.07, 6.45) is 5.47. The lowest BCUT2D eigenvalue weighted by molar-refractivity contribution is -0.154. The second-order valence-corrected chi connectivity index (χ2v) is 6.81. The first-order chi connectivity index (χ1) is 10.5. The zero-order valence-corrected chi connectivity index (χ0v) is 13.3. The molecule has 3 rings (SSSR count). The van der Waals surface area contributed by atoms with Gasteiger partial charge in [0, 0.05) is 0 Å². The summed E-state index contributed by atoms with van der Waals surface area (Å²) in [7, 11) is 0. The number of imide groups is 1. The monoisotopic (exact) mass is 308 g/mol. The summed E-state index contributed by atoms with van der Waals surface area (Å²) in [5.41, 5.74) is -0.857. The summed E-state index contributed by atoms with van der Waals surface area (Å²) < 4.78 is 5.53. The fourth-order valence-electron chi connectivity index (χ4n) is 4.21. The Balaban J connectivity index is 1.59. The minimum absolute atomic E-state index is 0.0193. The minimum Gasteiger partial charge on any atom is -0.461 e. The van der Waals surface area contributed by atoms with Gasteiger partial charge in [0.2, 0.25) is 0 Å². The van der Waals surface area contributed by atoms with Gasteiger partial charge in [-0.25, -0.2) is 4.79 Å². The number of rotatable bonds is 5. The Kier molecular flexibility index (Phi) is 3.87. The van der Waals surface area contributed by atoms with Crippen LogP contribution in [0.4, 0.5) is 4.79 Å². The van der Waals surface area contributed by atoms with Gasteiger partial charge in [0.05, 0.1) is 0 Å². The first-order valence-corrected chi connectivity index (χ1v) is 8.32. The molecule has 3 amide bonds. The lowest BCUT2D eigenvalue weighted by Crippen LogP contribution is -2.46. The summed E-state index contributed by atoms with van der Waals surface area (Å²) in [5.74, 6) is 0.381. The van der Waals surface area contributed by atoms with E-state index in [2.05, 4.69) is 5.32 Å². The zero-order chi connectivity index (χ0) is 15.9. The maximum atomic E-state index is 12.4. The Hall–Kier alpha value is -1.59. The van der Waals surface area contributed by atoms with Crippen LogP contribution in [0.5, 0.6) is 0 Å². The van der Waals surface area contributed by atoms with Gasteiger partial charge in [-0.3, -0.25) is 14.5 Å². The number of nitrogens with zero attached hydrogens (tertiary/aromatic N) is 1. The Morgan fingerprint density at radius 3 is 2.50 bits per heavy atom. The minimum atomic E-state index is -0.857. The molecule has 3 atom stereocenters. The third-order valence-corrected chi connectivity index (χ3v) is 5.70. The Labute approximate surface area is 130 Å². The Bertz CT molecular complexity index is 500. The van der Waals surface area contributed by atoms with E-state index in [0.717, 1.165) is 24.2 Å². The average Bonchev–Trinajstić information content (AvgIpc) is 3.17. The molecule has 6 heteroatoms. The molecule has 2 bridgehead atoms. The number of amides is 3. The number of urea groups is 1. The summed E-state index contributed by atoms with van der Waals surface area (Å²) in [5, 5.41) is 2.72. The van der Waals surface area contributed by atoms with Crippen molar-refractivity contribution in [1.82, 2.24) is 10.2 Å². The van der Waals surface area contributed by atoms with Crippen LogP contribution in [-0.4, -0.2) is 41.0 Å². The van der Waals surface area contributed by atoms with E-state index in [1.165, 1.54) is 6.42 Å². The second-order valence-electron chi connectivity index (χ2n) is 6.81. The van der Waals surface area contributed by atoms with Crippen molar-refractivity contribution < 1.29 is 19.1 Å². The van der Waals surface area contributed by atoms with E-state index in [1.54, 1.807) is 0 Å². The molecule has 3 fully saturated rings. The quantitative estimate of drug-likeness (QED) is 0.621. The predicted octanol–water partition coefficient (Wildman–Crippen LogP) is 1.83. The van der Waals surface area contributed by atoms with Crippen LogP contribution in [0.1, 0.15) is 52.4 Å². The van der Waals surface area contributed by atoms with Crippen LogP contribution in [0.15, 0.2) is 0 Å². The third-order valence-electron chi connectivity index (χ3n) is 5.70. The van der Waals surface area contributed by atoms with E-state index in [-0.39, 0.29) is 18.6 Å². The number of carbonyl (C=O) groups excluding carboxylic acids is 3. The molecule has 1 N–H and O–H groups in total. The molecule has 3 aliphatic rings. The molecule has 1 heterocycles. The molecular weight excluding hydrogens is 284 g/mol. The summed E-state index contributed by atoms with van der Waals surface area (Å²) >= 11 is 0. The summed E-state index contributed by atoms with van der Waals surface area (Å²) in [4.78, 5) is 37.6. The molecule has 0 aromatic carbocycles. The standard InChI is InChI=1S/C16H24N2O4/c1-3-16(4-2)14(20)18(15(21)17-16)9-13(19)22-12-8-10-5-6-11(12)7-10/h10-12H,3-9H2,1-2H3,(H,17,21)/t10-,11-,12+/m0/s1. The van der Waals surface area contributed by atoms with Crippen molar-refractivity contribution in [2.75, 3.05) is 6.54 Å². The van der Waals surface area contributed by atoms with Gasteiger partial charge >= 0.3 is 12.0 Å². The average molecular weight is 308 g/mol. The number of fused-ring (bicyclic) bond motifs is 2. The van der Waals surface area contributed by atoms with Crippen molar-refractivity contribution in [2.24, 2.45) is 11.8 Å². The number of nitrogens with one attached hydrogen (secondary N) is 1. The normalized spacial score (nSPS) is 32.5. The number of carbonyl (C=O) groups is 3. The topological polar surface area (TPSA) is 75.7 Å². The molecule has 0 unspecified atom stereocenters. The first kappa shape index (κ1) is 15.3. The molecule has 0 spiro atoms.